The predicted octanol–water partition coefficient (Wildman–Crippen LogP) is 2.12. The summed E-state index contributed by atoms with van der Waals surface area (Å²) in [6.07, 6.45) is -0.317. The maximum atomic E-state index is 12.0. The van der Waals surface area contributed by atoms with Gasteiger partial charge in [-0.05, 0) is 24.1 Å². The summed E-state index contributed by atoms with van der Waals surface area (Å²) < 4.78 is 10.7. The Labute approximate surface area is 153 Å². The fourth-order valence-corrected chi connectivity index (χ4v) is 2.64. The first kappa shape index (κ1) is 19.5. The highest BCUT2D eigenvalue weighted by Crippen LogP contribution is 2.19. The lowest BCUT2D eigenvalue weighted by molar-refractivity contribution is -0.139. The molecule has 2 rings (SSSR count). The van der Waals surface area contributed by atoms with Gasteiger partial charge >= 0.3 is 11.8 Å². The van der Waals surface area contributed by atoms with Crippen LogP contribution in [0.1, 0.15) is 22.8 Å². The number of nitrogens with one attached hydrogen (secondary N) is 2. The van der Waals surface area contributed by atoms with Gasteiger partial charge in [0.15, 0.2) is 0 Å². The Morgan fingerprint density at radius 1 is 0.962 bits per heavy atom. The molecule has 0 aliphatic rings. The summed E-state index contributed by atoms with van der Waals surface area (Å²) in [7, 11) is 3.13. The number of ether oxygens (including phenoxy) is 2. The molecule has 0 bridgehead atoms. The zero-order valence-electron chi connectivity index (χ0n) is 15.2. The molecule has 0 spiro atoms. The van der Waals surface area contributed by atoms with Gasteiger partial charge in [-0.3, -0.25) is 9.59 Å². The van der Waals surface area contributed by atoms with Crippen molar-refractivity contribution in [1.29, 1.82) is 0 Å². The predicted molar refractivity (Wildman–Crippen MR) is 98.8 cm³/mol. The fourth-order valence-electron chi connectivity index (χ4n) is 2.64. The average molecular weight is 356 g/mol. The zero-order valence-corrected chi connectivity index (χ0v) is 15.2. The average Bonchev–Trinajstić information content (AvgIpc) is 2.67. The van der Waals surface area contributed by atoms with E-state index in [1.165, 1.54) is 0 Å². The number of carbonyl (C=O) groups excluding carboxylic acids is 2. The summed E-state index contributed by atoms with van der Waals surface area (Å²) >= 11 is 0. The van der Waals surface area contributed by atoms with Crippen molar-refractivity contribution < 1.29 is 19.1 Å². The van der Waals surface area contributed by atoms with Crippen molar-refractivity contribution in [2.75, 3.05) is 20.8 Å². The molecule has 26 heavy (non-hydrogen) atoms. The second-order valence-electron chi connectivity index (χ2n) is 5.79. The van der Waals surface area contributed by atoms with E-state index < -0.39 is 11.8 Å². The van der Waals surface area contributed by atoms with E-state index in [0.29, 0.717) is 5.75 Å². The first-order valence-electron chi connectivity index (χ1n) is 8.33. The molecule has 0 saturated heterocycles. The van der Waals surface area contributed by atoms with Crippen molar-refractivity contribution in [3.8, 4) is 5.75 Å². The van der Waals surface area contributed by atoms with Crippen LogP contribution in [0.5, 0.6) is 5.75 Å². The largest absolute Gasteiger partial charge is 0.496 e. The minimum absolute atomic E-state index is 0.210. The van der Waals surface area contributed by atoms with Gasteiger partial charge in [-0.25, -0.2) is 0 Å². The van der Waals surface area contributed by atoms with Crippen LogP contribution in [0.2, 0.25) is 0 Å². The van der Waals surface area contributed by atoms with Crippen LogP contribution in [0.25, 0.3) is 0 Å². The summed E-state index contributed by atoms with van der Waals surface area (Å²) in [5, 5.41) is 5.21. The van der Waals surface area contributed by atoms with Gasteiger partial charge < -0.3 is 20.1 Å². The molecule has 138 valence electrons. The van der Waals surface area contributed by atoms with Crippen LogP contribution in [0.4, 0.5) is 0 Å². The molecule has 0 fully saturated rings. The number of hydrogen-bond donors (Lipinski definition) is 2. The van der Waals surface area contributed by atoms with Crippen LogP contribution in [0.15, 0.2) is 48.5 Å². The molecular formula is C20H24N2O4. The van der Waals surface area contributed by atoms with Gasteiger partial charge in [0, 0.05) is 25.8 Å². The molecule has 6 heteroatoms. The third-order valence-electron chi connectivity index (χ3n) is 4.11. The van der Waals surface area contributed by atoms with Crippen molar-refractivity contribution >= 4 is 11.8 Å². The molecule has 2 amide bonds. The highest BCUT2D eigenvalue weighted by Gasteiger charge is 2.18. The molecule has 0 radical (unpaired) electrons. The molecule has 0 aromatic heterocycles. The second-order valence-corrected chi connectivity index (χ2v) is 5.79. The lowest BCUT2D eigenvalue weighted by Crippen LogP contribution is -2.41. The third-order valence-corrected chi connectivity index (χ3v) is 4.11. The number of hydrogen-bond acceptors (Lipinski definition) is 4. The lowest BCUT2D eigenvalue weighted by atomic mass is 10.0. The van der Waals surface area contributed by atoms with Gasteiger partial charge in [0.2, 0.25) is 0 Å². The maximum absolute atomic E-state index is 12.0. The molecule has 0 aliphatic carbocycles. The summed E-state index contributed by atoms with van der Waals surface area (Å²) in [5.74, 6) is -0.738. The molecule has 2 aromatic rings. The van der Waals surface area contributed by atoms with E-state index in [1.807, 2.05) is 49.4 Å². The quantitative estimate of drug-likeness (QED) is 0.745. The normalized spacial score (nSPS) is 11.5. The Bertz CT molecular complexity index is 761. The lowest BCUT2D eigenvalue weighted by Gasteiger charge is -2.18. The molecular weight excluding hydrogens is 332 g/mol. The number of methoxy groups -OCH3 is 2. The minimum Gasteiger partial charge on any atom is -0.496 e. The van der Waals surface area contributed by atoms with Crippen molar-refractivity contribution in [3.05, 3.63) is 65.2 Å². The van der Waals surface area contributed by atoms with Gasteiger partial charge in [-0.15, -0.1) is 0 Å². The molecule has 1 atom stereocenters. The maximum Gasteiger partial charge on any atom is 0.309 e. The topological polar surface area (TPSA) is 76.7 Å². The summed E-state index contributed by atoms with van der Waals surface area (Å²) in [5.41, 5.74) is 2.84. The van der Waals surface area contributed by atoms with Crippen molar-refractivity contribution in [2.45, 2.75) is 19.6 Å². The van der Waals surface area contributed by atoms with Gasteiger partial charge in [0.05, 0.1) is 13.2 Å². The Kier molecular flexibility index (Phi) is 7.17. The number of benzene rings is 2. The summed E-state index contributed by atoms with van der Waals surface area (Å²) in [6.45, 7) is 2.40. The van der Waals surface area contributed by atoms with E-state index >= 15 is 0 Å². The molecule has 0 aliphatic heterocycles. The van der Waals surface area contributed by atoms with E-state index in [4.69, 9.17) is 9.47 Å². The van der Waals surface area contributed by atoms with Crippen molar-refractivity contribution in [1.82, 2.24) is 10.6 Å². The Morgan fingerprint density at radius 3 is 2.31 bits per heavy atom. The van der Waals surface area contributed by atoms with E-state index in [-0.39, 0.29) is 19.2 Å². The Morgan fingerprint density at radius 2 is 1.62 bits per heavy atom. The number of para-hydroxylation sites is 1. The highest BCUT2D eigenvalue weighted by molar-refractivity contribution is 6.35. The van der Waals surface area contributed by atoms with E-state index in [2.05, 4.69) is 10.6 Å². The van der Waals surface area contributed by atoms with Gasteiger partial charge in [0.25, 0.3) is 0 Å². The second kappa shape index (κ2) is 9.58. The fraction of sp³-hybridized carbons (Fsp3) is 0.300. The zero-order chi connectivity index (χ0) is 18.9. The number of amides is 2. The Balaban J connectivity index is 1.88. The van der Waals surface area contributed by atoms with Crippen molar-refractivity contribution in [2.24, 2.45) is 0 Å². The number of rotatable bonds is 7. The van der Waals surface area contributed by atoms with Crippen molar-refractivity contribution in [3.63, 3.8) is 0 Å². The van der Waals surface area contributed by atoms with Crippen LogP contribution >= 0.6 is 0 Å². The highest BCUT2D eigenvalue weighted by atomic mass is 16.5. The van der Waals surface area contributed by atoms with Crippen LogP contribution < -0.4 is 15.4 Å². The SMILES string of the molecule is COc1ccccc1CNC(=O)C(=O)NC[C@H](OC)c1ccccc1C. The summed E-state index contributed by atoms with van der Waals surface area (Å²) in [6, 6.07) is 15.1. The van der Waals surface area contributed by atoms with E-state index in [0.717, 1.165) is 16.7 Å². The van der Waals surface area contributed by atoms with E-state index in [1.54, 1.807) is 20.3 Å². The smallest absolute Gasteiger partial charge is 0.309 e. The minimum atomic E-state index is -0.699. The van der Waals surface area contributed by atoms with E-state index in [9.17, 15) is 9.59 Å². The van der Waals surface area contributed by atoms with Gasteiger partial charge in [-0.2, -0.15) is 0 Å². The first-order chi connectivity index (χ1) is 12.6. The van der Waals surface area contributed by atoms with Gasteiger partial charge in [-0.1, -0.05) is 42.5 Å². The first-order valence-corrected chi connectivity index (χ1v) is 8.33. The third kappa shape index (κ3) is 5.07. The van der Waals surface area contributed by atoms with Gasteiger partial charge in [0.1, 0.15) is 5.75 Å². The molecule has 2 aromatic carbocycles. The van der Waals surface area contributed by atoms with Crippen LogP contribution in [0, 0.1) is 6.92 Å². The molecule has 6 nitrogen and oxygen atoms in total. The van der Waals surface area contributed by atoms with Crippen LogP contribution in [-0.2, 0) is 20.9 Å². The monoisotopic (exact) mass is 356 g/mol. The van der Waals surface area contributed by atoms with Crippen LogP contribution in [-0.4, -0.2) is 32.6 Å². The summed E-state index contributed by atoms with van der Waals surface area (Å²) in [4.78, 5) is 24.1. The number of carbonyl (C=O) groups is 2. The number of aryl methyl sites for hydroxylation is 1. The molecule has 2 N–H and O–H groups in total. The molecule has 0 heterocycles. The molecule has 0 saturated carbocycles. The standard InChI is InChI=1S/C20H24N2O4/c1-14-8-4-6-10-16(14)18(26-3)13-22-20(24)19(23)21-12-15-9-5-7-11-17(15)25-2/h4-11,18H,12-13H2,1-3H3,(H,21,23)(H,22,24)/t18-/m0/s1. The Hall–Kier alpha value is -2.86. The van der Waals surface area contributed by atoms with Crippen LogP contribution in [0.3, 0.4) is 0 Å². The molecule has 0 unspecified atom stereocenters.